The lowest BCUT2D eigenvalue weighted by Gasteiger charge is -2.23. The van der Waals surface area contributed by atoms with Crippen LogP contribution < -0.4 is 10.0 Å². The fraction of sp³-hybridized carbons (Fsp3) is 0.235. The van der Waals surface area contributed by atoms with Gasteiger partial charge in [0.05, 0.1) is 21.5 Å². The van der Waals surface area contributed by atoms with Crippen molar-refractivity contribution in [3.05, 3.63) is 47.0 Å². The van der Waals surface area contributed by atoms with Crippen LogP contribution in [-0.4, -0.2) is 19.6 Å². The maximum atomic E-state index is 12.6. The molecule has 0 saturated heterocycles. The molecule has 1 heterocycles. The summed E-state index contributed by atoms with van der Waals surface area (Å²) in [6.07, 6.45) is 0.714. The smallest absolute Gasteiger partial charge is 0.261 e. The third kappa shape index (κ3) is 3.78. The molecule has 0 spiro atoms. The Kier molecular flexibility index (Phi) is 4.99. The van der Waals surface area contributed by atoms with Crippen LogP contribution in [-0.2, 0) is 14.8 Å². The second-order valence-electron chi connectivity index (χ2n) is 5.73. The van der Waals surface area contributed by atoms with Gasteiger partial charge in [0.25, 0.3) is 10.0 Å². The predicted octanol–water partition coefficient (Wildman–Crippen LogP) is 4.27. The average molecular weight is 397 g/mol. The van der Waals surface area contributed by atoms with E-state index < -0.39 is 10.0 Å². The number of hydrogen-bond donors (Lipinski definition) is 2. The number of carbonyl (C=O) groups is 1. The topological polar surface area (TPSA) is 75.3 Å². The fourth-order valence-electron chi connectivity index (χ4n) is 2.44. The molecule has 0 radical (unpaired) electrons. The summed E-state index contributed by atoms with van der Waals surface area (Å²) in [7, 11) is -3.78. The molecule has 0 saturated carbocycles. The monoisotopic (exact) mass is 396 g/mol. The highest BCUT2D eigenvalue weighted by Crippen LogP contribution is 2.38. The molecule has 3 rings (SSSR count). The van der Waals surface area contributed by atoms with Crippen molar-refractivity contribution >= 4 is 50.7 Å². The van der Waals surface area contributed by atoms with Gasteiger partial charge in [-0.1, -0.05) is 24.6 Å². The molecule has 1 atom stereocenters. The van der Waals surface area contributed by atoms with Crippen LogP contribution in [0.4, 0.5) is 11.4 Å². The maximum absolute atomic E-state index is 12.6. The number of halogens is 1. The normalized spacial score (nSPS) is 16.9. The van der Waals surface area contributed by atoms with Gasteiger partial charge in [-0.3, -0.25) is 9.52 Å². The molecule has 1 aliphatic heterocycles. The van der Waals surface area contributed by atoms with Crippen LogP contribution in [0.2, 0.25) is 5.02 Å². The number of amides is 1. The van der Waals surface area contributed by atoms with Crippen LogP contribution >= 0.6 is 23.4 Å². The fourth-order valence-corrected chi connectivity index (χ4v) is 4.71. The molecule has 0 aliphatic carbocycles. The van der Waals surface area contributed by atoms with Crippen LogP contribution in [0.5, 0.6) is 0 Å². The Hall–Kier alpha value is -1.70. The number of thioether (sulfide) groups is 1. The summed E-state index contributed by atoms with van der Waals surface area (Å²) in [6, 6.07) is 9.70. The minimum atomic E-state index is -3.78. The molecule has 132 valence electrons. The number of fused-ring (bicyclic) bond motifs is 1. The average Bonchev–Trinajstić information content (AvgIpc) is 2.56. The van der Waals surface area contributed by atoms with E-state index in [0.717, 1.165) is 10.5 Å². The molecular weight excluding hydrogens is 380 g/mol. The Morgan fingerprint density at radius 2 is 2.00 bits per heavy atom. The number of hydrogen-bond acceptors (Lipinski definition) is 4. The second kappa shape index (κ2) is 6.90. The number of anilines is 2. The van der Waals surface area contributed by atoms with Crippen LogP contribution in [0.15, 0.2) is 46.2 Å². The summed E-state index contributed by atoms with van der Waals surface area (Å²) in [4.78, 5) is 12.9. The third-order valence-electron chi connectivity index (χ3n) is 3.88. The molecule has 1 aliphatic rings. The first-order chi connectivity index (χ1) is 11.8. The van der Waals surface area contributed by atoms with Gasteiger partial charge in [0.15, 0.2) is 0 Å². The van der Waals surface area contributed by atoms with E-state index in [1.165, 1.54) is 23.9 Å². The molecule has 2 aromatic carbocycles. The molecule has 8 heteroatoms. The van der Waals surface area contributed by atoms with Crippen molar-refractivity contribution in [2.45, 2.75) is 35.3 Å². The molecule has 2 aromatic rings. The van der Waals surface area contributed by atoms with Crippen LogP contribution in [0.25, 0.3) is 0 Å². The molecule has 1 amide bonds. The number of sulfonamides is 1. The van der Waals surface area contributed by atoms with Gasteiger partial charge >= 0.3 is 0 Å². The predicted molar refractivity (Wildman–Crippen MR) is 102 cm³/mol. The molecular formula is C17H17ClN2O3S2. The molecule has 5 nitrogen and oxygen atoms in total. The molecule has 0 unspecified atom stereocenters. The van der Waals surface area contributed by atoms with Crippen LogP contribution in [0.1, 0.15) is 18.9 Å². The van der Waals surface area contributed by atoms with E-state index in [0.29, 0.717) is 22.8 Å². The first kappa shape index (κ1) is 18.1. The first-order valence-electron chi connectivity index (χ1n) is 7.70. The summed E-state index contributed by atoms with van der Waals surface area (Å²) in [5.74, 6) is -0.104. The lowest BCUT2D eigenvalue weighted by molar-refractivity contribution is -0.115. The summed E-state index contributed by atoms with van der Waals surface area (Å²) in [5.41, 5.74) is 1.77. The zero-order valence-electron chi connectivity index (χ0n) is 13.7. The first-order valence-corrected chi connectivity index (χ1v) is 10.4. The molecule has 2 N–H and O–H groups in total. The molecule has 25 heavy (non-hydrogen) atoms. The number of nitrogens with one attached hydrogen (secondary N) is 2. The number of benzene rings is 2. The third-order valence-corrected chi connectivity index (χ3v) is 7.10. The summed E-state index contributed by atoms with van der Waals surface area (Å²) in [6.45, 7) is 3.78. The van der Waals surface area contributed by atoms with Crippen molar-refractivity contribution in [2.24, 2.45) is 0 Å². The highest BCUT2D eigenvalue weighted by atomic mass is 35.5. The van der Waals surface area contributed by atoms with Gasteiger partial charge in [-0.2, -0.15) is 0 Å². The standard InChI is InChI=1S/C17H17ClN2O3S2/c1-3-15-17(21)19-14-9-12(6-7-16(14)24-15)25(22,23)20-11-5-4-10(2)13(18)8-11/h4-9,15,20H,3H2,1-2H3,(H,19,21)/t15-/m1/s1. The van der Waals surface area contributed by atoms with E-state index in [-0.39, 0.29) is 16.1 Å². The van der Waals surface area contributed by atoms with Crippen molar-refractivity contribution in [3.63, 3.8) is 0 Å². The zero-order chi connectivity index (χ0) is 18.2. The quantitative estimate of drug-likeness (QED) is 0.809. The minimum Gasteiger partial charge on any atom is -0.324 e. The highest BCUT2D eigenvalue weighted by Gasteiger charge is 2.27. The second-order valence-corrected chi connectivity index (χ2v) is 9.07. The highest BCUT2D eigenvalue weighted by molar-refractivity contribution is 8.01. The molecule has 0 bridgehead atoms. The lowest BCUT2D eigenvalue weighted by Crippen LogP contribution is -2.28. The van der Waals surface area contributed by atoms with Crippen molar-refractivity contribution in [2.75, 3.05) is 10.0 Å². The maximum Gasteiger partial charge on any atom is 0.261 e. The summed E-state index contributed by atoms with van der Waals surface area (Å²) in [5, 5.41) is 3.12. The summed E-state index contributed by atoms with van der Waals surface area (Å²) < 4.78 is 27.7. The van der Waals surface area contributed by atoms with E-state index in [1.807, 2.05) is 13.8 Å². The molecule has 0 fully saturated rings. The van der Waals surface area contributed by atoms with E-state index in [1.54, 1.807) is 24.3 Å². The zero-order valence-corrected chi connectivity index (χ0v) is 16.1. The van der Waals surface area contributed by atoms with Crippen molar-refractivity contribution < 1.29 is 13.2 Å². The van der Waals surface area contributed by atoms with E-state index >= 15 is 0 Å². The van der Waals surface area contributed by atoms with Crippen LogP contribution in [0, 0.1) is 6.92 Å². The van der Waals surface area contributed by atoms with E-state index in [2.05, 4.69) is 10.0 Å². The Balaban J connectivity index is 1.89. The number of aryl methyl sites for hydroxylation is 1. The largest absolute Gasteiger partial charge is 0.324 e. The lowest BCUT2D eigenvalue weighted by atomic mass is 10.2. The SMILES string of the molecule is CC[C@H]1Sc2ccc(S(=O)(=O)Nc3ccc(C)c(Cl)c3)cc2NC1=O. The van der Waals surface area contributed by atoms with Gasteiger partial charge in [-0.25, -0.2) is 8.42 Å². The van der Waals surface area contributed by atoms with E-state index in [4.69, 9.17) is 11.6 Å². The van der Waals surface area contributed by atoms with Crippen molar-refractivity contribution in [1.82, 2.24) is 0 Å². The van der Waals surface area contributed by atoms with Gasteiger partial charge < -0.3 is 5.32 Å². The minimum absolute atomic E-state index is 0.0822. The van der Waals surface area contributed by atoms with Gasteiger partial charge in [0.1, 0.15) is 0 Å². The van der Waals surface area contributed by atoms with E-state index in [9.17, 15) is 13.2 Å². The van der Waals surface area contributed by atoms with Gasteiger partial charge in [-0.15, -0.1) is 11.8 Å². The Bertz CT molecular complexity index is 945. The van der Waals surface area contributed by atoms with Gasteiger partial charge in [0, 0.05) is 9.92 Å². The number of rotatable bonds is 4. The van der Waals surface area contributed by atoms with Crippen LogP contribution in [0.3, 0.4) is 0 Å². The van der Waals surface area contributed by atoms with Crippen molar-refractivity contribution in [3.8, 4) is 0 Å². The Morgan fingerprint density at radius 3 is 2.68 bits per heavy atom. The van der Waals surface area contributed by atoms with Gasteiger partial charge in [-0.05, 0) is 49.2 Å². The Morgan fingerprint density at radius 1 is 1.24 bits per heavy atom. The Labute approximate surface area is 156 Å². The van der Waals surface area contributed by atoms with Crippen molar-refractivity contribution in [1.29, 1.82) is 0 Å². The van der Waals surface area contributed by atoms with Gasteiger partial charge in [0.2, 0.25) is 5.91 Å². The summed E-state index contributed by atoms with van der Waals surface area (Å²) >= 11 is 7.49. The number of carbonyl (C=O) groups excluding carboxylic acids is 1. The molecule has 0 aromatic heterocycles.